The van der Waals surface area contributed by atoms with Crippen LogP contribution < -0.4 is 0 Å². The third-order valence-electron chi connectivity index (χ3n) is 5.74. The molecule has 1 aromatic heterocycles. The average Bonchev–Trinajstić information content (AvgIpc) is 3.28. The van der Waals surface area contributed by atoms with E-state index in [1.807, 2.05) is 35.2 Å². The Morgan fingerprint density at radius 2 is 2.00 bits per heavy atom. The molecule has 6 heteroatoms. The number of hydrogen-bond acceptors (Lipinski definition) is 5. The first-order valence-corrected chi connectivity index (χ1v) is 10.5. The minimum absolute atomic E-state index is 0.0413. The van der Waals surface area contributed by atoms with Crippen LogP contribution in [0, 0.1) is 5.92 Å². The molecule has 2 aromatic rings. The Kier molecular flexibility index (Phi) is 6.75. The number of oxazole rings is 1. The van der Waals surface area contributed by atoms with Gasteiger partial charge in [-0.25, -0.2) is 4.98 Å². The fourth-order valence-corrected chi connectivity index (χ4v) is 4.04. The van der Waals surface area contributed by atoms with Crippen LogP contribution in [0.2, 0.25) is 0 Å². The molecule has 0 saturated carbocycles. The standard InChI is InChI=1S/C23H29N3O3/c27-23(21-22(29-18-24-21)20-9-5-2-6-10-20)26(17-19-7-3-1-4-8-19)12-11-25-13-15-28-16-14-25/h1-3,5-6,9-10,18-19H,4,7-8,11-17H2/t19-/m1/s1. The van der Waals surface area contributed by atoms with Gasteiger partial charge in [-0.3, -0.25) is 9.69 Å². The third kappa shape index (κ3) is 5.14. The van der Waals surface area contributed by atoms with Gasteiger partial charge in [0.25, 0.3) is 5.91 Å². The van der Waals surface area contributed by atoms with E-state index in [4.69, 9.17) is 9.15 Å². The molecule has 0 spiro atoms. The lowest BCUT2D eigenvalue weighted by atomic mass is 9.93. The molecule has 1 aliphatic carbocycles. The Morgan fingerprint density at radius 3 is 2.76 bits per heavy atom. The van der Waals surface area contributed by atoms with Gasteiger partial charge in [-0.2, -0.15) is 0 Å². The van der Waals surface area contributed by atoms with Crippen LogP contribution in [0.15, 0.2) is 53.3 Å². The van der Waals surface area contributed by atoms with Gasteiger partial charge in [0.2, 0.25) is 0 Å². The van der Waals surface area contributed by atoms with E-state index in [0.29, 0.717) is 23.9 Å². The highest BCUT2D eigenvalue weighted by molar-refractivity contribution is 5.97. The third-order valence-corrected chi connectivity index (χ3v) is 5.74. The molecule has 0 bridgehead atoms. The second kappa shape index (κ2) is 9.85. The summed E-state index contributed by atoms with van der Waals surface area (Å²) in [6.07, 6.45) is 9.11. The summed E-state index contributed by atoms with van der Waals surface area (Å²) in [7, 11) is 0. The van der Waals surface area contributed by atoms with Crippen LogP contribution in [-0.4, -0.2) is 66.6 Å². The monoisotopic (exact) mass is 395 g/mol. The number of amides is 1. The summed E-state index contributed by atoms with van der Waals surface area (Å²) in [5.74, 6) is 1.01. The number of allylic oxidation sites excluding steroid dienone is 2. The van der Waals surface area contributed by atoms with Crippen molar-refractivity contribution in [2.24, 2.45) is 5.92 Å². The molecule has 1 saturated heterocycles. The summed E-state index contributed by atoms with van der Waals surface area (Å²) >= 11 is 0. The van der Waals surface area contributed by atoms with Crippen LogP contribution >= 0.6 is 0 Å². The summed E-state index contributed by atoms with van der Waals surface area (Å²) in [5, 5.41) is 0. The number of ether oxygens (including phenoxy) is 1. The molecule has 29 heavy (non-hydrogen) atoms. The van der Waals surface area contributed by atoms with Crippen molar-refractivity contribution in [3.8, 4) is 11.3 Å². The fraction of sp³-hybridized carbons (Fsp3) is 0.478. The molecular formula is C23H29N3O3. The quantitative estimate of drug-likeness (QED) is 0.672. The molecule has 2 heterocycles. The molecule has 1 atom stereocenters. The maximum absolute atomic E-state index is 13.5. The van der Waals surface area contributed by atoms with Crippen LogP contribution in [0.25, 0.3) is 11.3 Å². The van der Waals surface area contributed by atoms with Crippen LogP contribution in [0.1, 0.15) is 29.8 Å². The maximum Gasteiger partial charge on any atom is 0.276 e. The van der Waals surface area contributed by atoms with E-state index in [0.717, 1.165) is 64.2 Å². The molecule has 4 rings (SSSR count). The van der Waals surface area contributed by atoms with E-state index in [1.54, 1.807) is 0 Å². The van der Waals surface area contributed by atoms with E-state index in [9.17, 15) is 4.79 Å². The number of nitrogens with zero attached hydrogens (tertiary/aromatic N) is 3. The first kappa shape index (κ1) is 19.9. The zero-order chi connectivity index (χ0) is 19.9. The van der Waals surface area contributed by atoms with E-state index >= 15 is 0 Å². The van der Waals surface area contributed by atoms with Crippen LogP contribution in [0.5, 0.6) is 0 Å². The molecule has 6 nitrogen and oxygen atoms in total. The predicted octanol–water partition coefficient (Wildman–Crippen LogP) is 3.47. The number of rotatable bonds is 7. The molecule has 1 fully saturated rings. The Hall–Kier alpha value is -2.44. The molecule has 154 valence electrons. The van der Waals surface area contributed by atoms with Crippen molar-refractivity contribution in [1.29, 1.82) is 0 Å². The Morgan fingerprint density at radius 1 is 1.17 bits per heavy atom. The number of morpholine rings is 1. The summed E-state index contributed by atoms with van der Waals surface area (Å²) in [5.41, 5.74) is 1.28. The SMILES string of the molecule is O=C(c1ncoc1-c1ccccc1)N(CCN1CCOCC1)C[C@@H]1CC=CCC1. The van der Waals surface area contributed by atoms with Gasteiger partial charge in [0.05, 0.1) is 13.2 Å². The Labute approximate surface area is 172 Å². The van der Waals surface area contributed by atoms with Gasteiger partial charge < -0.3 is 14.1 Å². The molecule has 0 unspecified atom stereocenters. The number of carbonyl (C=O) groups is 1. The lowest BCUT2D eigenvalue weighted by molar-refractivity contribution is 0.0314. The van der Waals surface area contributed by atoms with Crippen molar-refractivity contribution in [2.75, 3.05) is 45.9 Å². The number of carbonyl (C=O) groups excluding carboxylic acids is 1. The lowest BCUT2D eigenvalue weighted by Crippen LogP contribution is -2.44. The van der Waals surface area contributed by atoms with Gasteiger partial charge in [-0.1, -0.05) is 42.5 Å². The van der Waals surface area contributed by atoms with Crippen molar-refractivity contribution in [1.82, 2.24) is 14.8 Å². The van der Waals surface area contributed by atoms with Crippen molar-refractivity contribution < 1.29 is 13.9 Å². The van der Waals surface area contributed by atoms with Crippen molar-refractivity contribution in [3.63, 3.8) is 0 Å². The predicted molar refractivity (Wildman–Crippen MR) is 112 cm³/mol. The Bertz CT molecular complexity index is 812. The Balaban J connectivity index is 1.50. The van der Waals surface area contributed by atoms with Gasteiger partial charge in [0, 0.05) is 38.3 Å². The normalized spacial score (nSPS) is 19.9. The smallest absolute Gasteiger partial charge is 0.276 e. The first-order chi connectivity index (χ1) is 14.3. The van der Waals surface area contributed by atoms with Gasteiger partial charge >= 0.3 is 0 Å². The topological polar surface area (TPSA) is 58.8 Å². The second-order valence-corrected chi connectivity index (χ2v) is 7.75. The van der Waals surface area contributed by atoms with Gasteiger partial charge in [0.1, 0.15) is 0 Å². The maximum atomic E-state index is 13.5. The highest BCUT2D eigenvalue weighted by Crippen LogP contribution is 2.25. The van der Waals surface area contributed by atoms with Crippen molar-refractivity contribution in [3.05, 3.63) is 54.6 Å². The molecule has 0 N–H and O–H groups in total. The molecule has 1 aromatic carbocycles. The number of benzene rings is 1. The highest BCUT2D eigenvalue weighted by Gasteiger charge is 2.26. The molecule has 1 aliphatic heterocycles. The summed E-state index contributed by atoms with van der Waals surface area (Å²) in [6.45, 7) is 5.69. The highest BCUT2D eigenvalue weighted by atomic mass is 16.5. The van der Waals surface area contributed by atoms with Crippen LogP contribution in [0.4, 0.5) is 0 Å². The van der Waals surface area contributed by atoms with E-state index < -0.39 is 0 Å². The second-order valence-electron chi connectivity index (χ2n) is 7.75. The van der Waals surface area contributed by atoms with Crippen molar-refractivity contribution >= 4 is 5.91 Å². The zero-order valence-corrected chi connectivity index (χ0v) is 16.8. The molecular weight excluding hydrogens is 366 g/mol. The van der Waals surface area contributed by atoms with Gasteiger partial charge in [0.15, 0.2) is 17.8 Å². The average molecular weight is 396 g/mol. The largest absolute Gasteiger partial charge is 0.443 e. The fourth-order valence-electron chi connectivity index (χ4n) is 4.04. The van der Waals surface area contributed by atoms with E-state index in [-0.39, 0.29) is 5.91 Å². The minimum Gasteiger partial charge on any atom is -0.443 e. The number of hydrogen-bond donors (Lipinski definition) is 0. The summed E-state index contributed by atoms with van der Waals surface area (Å²) in [6, 6.07) is 9.72. The van der Waals surface area contributed by atoms with Crippen molar-refractivity contribution in [2.45, 2.75) is 19.3 Å². The van der Waals surface area contributed by atoms with Crippen LogP contribution in [-0.2, 0) is 4.74 Å². The van der Waals surface area contributed by atoms with Gasteiger partial charge in [-0.05, 0) is 25.2 Å². The first-order valence-electron chi connectivity index (χ1n) is 10.5. The van der Waals surface area contributed by atoms with E-state index in [2.05, 4.69) is 22.0 Å². The molecule has 0 radical (unpaired) electrons. The molecule has 2 aliphatic rings. The van der Waals surface area contributed by atoms with Gasteiger partial charge in [-0.15, -0.1) is 0 Å². The zero-order valence-electron chi connectivity index (χ0n) is 16.8. The van der Waals surface area contributed by atoms with E-state index in [1.165, 1.54) is 6.39 Å². The summed E-state index contributed by atoms with van der Waals surface area (Å²) < 4.78 is 11.1. The van der Waals surface area contributed by atoms with Crippen LogP contribution in [0.3, 0.4) is 0 Å². The summed E-state index contributed by atoms with van der Waals surface area (Å²) in [4.78, 5) is 22.1. The lowest BCUT2D eigenvalue weighted by Gasteiger charge is -2.32. The molecule has 1 amide bonds. The minimum atomic E-state index is -0.0413. The number of aromatic nitrogens is 1.